The van der Waals surface area contributed by atoms with Crippen LogP contribution in [0.3, 0.4) is 0 Å². The quantitative estimate of drug-likeness (QED) is 0.539. The molecule has 0 radical (unpaired) electrons. The second kappa shape index (κ2) is 8.39. The van der Waals surface area contributed by atoms with E-state index in [4.69, 9.17) is 0 Å². The zero-order valence-electron chi connectivity index (χ0n) is 16.3. The molecule has 3 aromatic rings. The zero-order valence-corrected chi connectivity index (χ0v) is 17.9. The molecule has 0 saturated carbocycles. The van der Waals surface area contributed by atoms with Gasteiger partial charge in [0.15, 0.2) is 21.6 Å². The minimum atomic E-state index is -4.88. The smallest absolute Gasteiger partial charge is 0.433 e. The Morgan fingerprint density at radius 2 is 1.68 bits per heavy atom. The molecule has 1 unspecified atom stereocenters. The van der Waals surface area contributed by atoms with Crippen molar-refractivity contribution in [1.82, 2.24) is 9.78 Å². The molecule has 6 nitrogen and oxygen atoms in total. The molecule has 0 spiro atoms. The Balaban J connectivity index is 2.16. The Hall–Kier alpha value is -2.79. The van der Waals surface area contributed by atoms with Gasteiger partial charge in [-0.3, -0.25) is 0 Å². The van der Waals surface area contributed by atoms with Crippen molar-refractivity contribution in [2.45, 2.75) is 22.0 Å². The van der Waals surface area contributed by atoms with Gasteiger partial charge in [-0.15, -0.1) is 11.8 Å². The first-order valence-corrected chi connectivity index (χ1v) is 11.9. The highest BCUT2D eigenvalue weighted by Crippen LogP contribution is 2.40. The first-order chi connectivity index (χ1) is 14.4. The lowest BCUT2D eigenvalue weighted by Crippen LogP contribution is -2.26. The van der Waals surface area contributed by atoms with Crippen LogP contribution in [-0.2, 0) is 20.8 Å². The number of rotatable bonds is 6. The van der Waals surface area contributed by atoms with Gasteiger partial charge in [0.25, 0.3) is 0 Å². The number of carbonyl (C=O) groups is 1. The summed E-state index contributed by atoms with van der Waals surface area (Å²) in [5.74, 6) is -1.56. The molecule has 3 rings (SSSR count). The molecular weight excluding hydrogens is 453 g/mol. The molecule has 1 aromatic heterocycles. The number of thioether (sulfide) groups is 1. The summed E-state index contributed by atoms with van der Waals surface area (Å²) in [6.45, 7) is 0. The van der Waals surface area contributed by atoms with Crippen molar-refractivity contribution in [3.63, 3.8) is 0 Å². The van der Waals surface area contributed by atoms with Gasteiger partial charge >= 0.3 is 12.1 Å². The third kappa shape index (κ3) is 4.77. The number of alkyl halides is 3. The van der Waals surface area contributed by atoms with Gasteiger partial charge in [0.2, 0.25) is 0 Å². The number of carboxylic acid groups (broad SMARTS) is 1. The molecule has 0 saturated heterocycles. The number of sulfone groups is 1. The maximum absolute atomic E-state index is 14.0. The maximum Gasteiger partial charge on any atom is 0.433 e. The highest BCUT2D eigenvalue weighted by Gasteiger charge is 2.42. The van der Waals surface area contributed by atoms with E-state index in [1.165, 1.54) is 36.0 Å². The summed E-state index contributed by atoms with van der Waals surface area (Å²) in [6.07, 6.45) is -1.09. The van der Waals surface area contributed by atoms with Crippen LogP contribution in [0.4, 0.5) is 13.2 Å². The molecule has 1 atom stereocenters. The van der Waals surface area contributed by atoms with Gasteiger partial charge in [-0.1, -0.05) is 24.3 Å². The third-order valence-corrected chi connectivity index (χ3v) is 6.44. The Morgan fingerprint density at radius 1 is 1.10 bits per heavy atom. The van der Waals surface area contributed by atoms with Crippen LogP contribution in [0, 0.1) is 0 Å². The van der Waals surface area contributed by atoms with Gasteiger partial charge in [0.05, 0.1) is 11.1 Å². The average molecular weight is 470 g/mol. The van der Waals surface area contributed by atoms with Crippen LogP contribution in [0.25, 0.3) is 11.1 Å². The van der Waals surface area contributed by atoms with Gasteiger partial charge in [-0.25, -0.2) is 17.9 Å². The lowest BCUT2D eigenvalue weighted by molar-refractivity contribution is -0.148. The topological polar surface area (TPSA) is 89.3 Å². The van der Waals surface area contributed by atoms with E-state index in [0.717, 1.165) is 29.5 Å². The van der Waals surface area contributed by atoms with E-state index in [0.29, 0.717) is 4.68 Å². The number of aliphatic carboxylic acids is 1. The van der Waals surface area contributed by atoms with Gasteiger partial charge < -0.3 is 5.11 Å². The molecule has 2 aromatic carbocycles. The fourth-order valence-electron chi connectivity index (χ4n) is 3.11. The van der Waals surface area contributed by atoms with Crippen LogP contribution >= 0.6 is 11.8 Å². The standard InChI is InChI=1S/C20H17F3N2O4S2/c1-30-14-7-3-12(4-8-14)16-11-24-25(18(16)20(21,22)23)17(19(26)27)13-5-9-15(10-6-13)31(2,28)29/h3-11,17H,1-2H3,(H,26,27). The summed E-state index contributed by atoms with van der Waals surface area (Å²) in [6, 6.07) is 9.20. The minimum absolute atomic E-state index is 0.0437. The van der Waals surface area contributed by atoms with Gasteiger partial charge in [0, 0.05) is 16.7 Å². The summed E-state index contributed by atoms with van der Waals surface area (Å²) in [7, 11) is -3.55. The SMILES string of the molecule is CSc1ccc(-c2cnn(C(C(=O)O)c3ccc(S(C)(=O)=O)cc3)c2C(F)(F)F)cc1. The molecule has 0 amide bonds. The molecule has 164 valence electrons. The third-order valence-electron chi connectivity index (χ3n) is 4.57. The summed E-state index contributed by atoms with van der Waals surface area (Å²) in [5.41, 5.74) is -1.26. The van der Waals surface area contributed by atoms with Crippen molar-refractivity contribution >= 4 is 27.6 Å². The maximum atomic E-state index is 14.0. The lowest BCUT2D eigenvalue weighted by atomic mass is 10.0. The van der Waals surface area contributed by atoms with Crippen molar-refractivity contribution in [2.24, 2.45) is 0 Å². The fourth-order valence-corrected chi connectivity index (χ4v) is 4.15. The molecule has 0 aliphatic carbocycles. The molecule has 0 bridgehead atoms. The van der Waals surface area contributed by atoms with E-state index >= 15 is 0 Å². The summed E-state index contributed by atoms with van der Waals surface area (Å²) in [4.78, 5) is 12.7. The molecule has 0 fully saturated rings. The second-order valence-corrected chi connectivity index (χ2v) is 9.56. The highest BCUT2D eigenvalue weighted by molar-refractivity contribution is 7.98. The Kier molecular flexibility index (Phi) is 6.19. The van der Waals surface area contributed by atoms with Gasteiger partial charge in [0.1, 0.15) is 0 Å². The summed E-state index contributed by atoms with van der Waals surface area (Å²) < 4.78 is 65.7. The normalized spacial score (nSPS) is 13.2. The molecule has 0 aliphatic rings. The number of carboxylic acids is 1. The molecule has 1 heterocycles. The fraction of sp³-hybridized carbons (Fsp3) is 0.200. The molecular formula is C20H17F3N2O4S2. The van der Waals surface area contributed by atoms with Crippen LogP contribution in [0.1, 0.15) is 17.3 Å². The van der Waals surface area contributed by atoms with Crippen LogP contribution in [0.15, 0.2) is 64.5 Å². The van der Waals surface area contributed by atoms with Crippen molar-refractivity contribution in [3.8, 4) is 11.1 Å². The van der Waals surface area contributed by atoms with E-state index in [-0.39, 0.29) is 21.6 Å². The Morgan fingerprint density at radius 3 is 2.13 bits per heavy atom. The molecule has 1 N–H and O–H groups in total. The van der Waals surface area contributed by atoms with Crippen LogP contribution < -0.4 is 0 Å². The first-order valence-electron chi connectivity index (χ1n) is 8.75. The molecule has 31 heavy (non-hydrogen) atoms. The number of hydrogen-bond donors (Lipinski definition) is 1. The minimum Gasteiger partial charge on any atom is -0.479 e. The van der Waals surface area contributed by atoms with E-state index in [9.17, 15) is 31.5 Å². The summed E-state index contributed by atoms with van der Waals surface area (Å²) >= 11 is 1.43. The first kappa shape index (κ1) is 22.9. The Labute approximate surface area is 180 Å². The van der Waals surface area contributed by atoms with E-state index in [2.05, 4.69) is 5.10 Å². The van der Waals surface area contributed by atoms with Crippen LogP contribution in [-0.4, -0.2) is 41.8 Å². The molecule has 0 aliphatic heterocycles. The predicted octanol–water partition coefficient (Wildman–Crippen LogP) is 4.37. The van der Waals surface area contributed by atoms with Gasteiger partial charge in [-0.2, -0.15) is 18.3 Å². The predicted molar refractivity (Wildman–Crippen MR) is 110 cm³/mol. The van der Waals surface area contributed by atoms with Crippen molar-refractivity contribution in [1.29, 1.82) is 0 Å². The van der Waals surface area contributed by atoms with Crippen molar-refractivity contribution in [3.05, 3.63) is 66.0 Å². The van der Waals surface area contributed by atoms with E-state index < -0.39 is 33.7 Å². The van der Waals surface area contributed by atoms with Crippen molar-refractivity contribution in [2.75, 3.05) is 12.5 Å². The number of benzene rings is 2. The zero-order chi connectivity index (χ0) is 23.0. The largest absolute Gasteiger partial charge is 0.479 e. The van der Waals surface area contributed by atoms with E-state index in [1.807, 2.05) is 6.26 Å². The highest BCUT2D eigenvalue weighted by atomic mass is 32.2. The summed E-state index contributed by atoms with van der Waals surface area (Å²) in [5, 5.41) is 13.5. The average Bonchev–Trinajstić information content (AvgIpc) is 3.12. The number of nitrogens with zero attached hydrogens (tertiary/aromatic N) is 2. The number of aromatic nitrogens is 2. The number of halogens is 3. The number of hydrogen-bond acceptors (Lipinski definition) is 5. The molecule has 11 heteroatoms. The van der Waals surface area contributed by atoms with Crippen molar-refractivity contribution < 1.29 is 31.5 Å². The van der Waals surface area contributed by atoms with Crippen LogP contribution in [0.5, 0.6) is 0 Å². The second-order valence-electron chi connectivity index (χ2n) is 6.66. The van der Waals surface area contributed by atoms with Gasteiger partial charge in [-0.05, 0) is 41.6 Å². The van der Waals surface area contributed by atoms with Crippen LogP contribution in [0.2, 0.25) is 0 Å². The van der Waals surface area contributed by atoms with E-state index in [1.54, 1.807) is 12.1 Å². The lowest BCUT2D eigenvalue weighted by Gasteiger charge is -2.19. The Bertz CT molecular complexity index is 1200. The monoisotopic (exact) mass is 470 g/mol.